The fourth-order valence-electron chi connectivity index (χ4n) is 2.33. The first-order chi connectivity index (χ1) is 8.65. The summed E-state index contributed by atoms with van der Waals surface area (Å²) < 4.78 is 5.57. The second-order valence-corrected chi connectivity index (χ2v) is 5.19. The number of ketones is 1. The van der Waals surface area contributed by atoms with Crippen LogP contribution in [0.5, 0.6) is 0 Å². The van der Waals surface area contributed by atoms with Crippen LogP contribution in [0.2, 0.25) is 0 Å². The number of fused-ring (bicyclic) bond motifs is 1. The molecule has 0 spiro atoms. The van der Waals surface area contributed by atoms with E-state index in [1.807, 2.05) is 18.2 Å². The first-order valence-electron chi connectivity index (χ1n) is 6.01. The van der Waals surface area contributed by atoms with Crippen LogP contribution in [0.4, 0.5) is 0 Å². The van der Waals surface area contributed by atoms with Gasteiger partial charge in [-0.1, -0.05) is 46.9 Å². The van der Waals surface area contributed by atoms with Crippen LogP contribution >= 0.6 is 22.6 Å². The van der Waals surface area contributed by atoms with E-state index in [1.54, 1.807) is 13.0 Å². The number of rotatable bonds is 3. The fourth-order valence-corrected chi connectivity index (χ4v) is 3.36. The maximum absolute atomic E-state index is 12.6. The molecule has 0 saturated carbocycles. The van der Waals surface area contributed by atoms with E-state index < -0.39 is 5.41 Å². The third-order valence-corrected chi connectivity index (χ3v) is 4.71. The van der Waals surface area contributed by atoms with Gasteiger partial charge in [0.15, 0.2) is 5.78 Å². The zero-order chi connectivity index (χ0) is 13.2. The molecule has 0 saturated heterocycles. The number of hydrogen-bond acceptors (Lipinski definition) is 3. The Morgan fingerprint density at radius 2 is 2.17 bits per heavy atom. The van der Waals surface area contributed by atoms with Crippen LogP contribution in [-0.2, 0) is 16.0 Å². The van der Waals surface area contributed by atoms with Crippen molar-refractivity contribution in [3.8, 4) is 0 Å². The van der Waals surface area contributed by atoms with Crippen molar-refractivity contribution < 1.29 is 14.3 Å². The summed E-state index contributed by atoms with van der Waals surface area (Å²) >= 11 is 2.11. The van der Waals surface area contributed by atoms with Gasteiger partial charge in [-0.05, 0) is 25.3 Å². The normalized spacial score (nSPS) is 22.4. The summed E-state index contributed by atoms with van der Waals surface area (Å²) in [7, 11) is 0. The lowest BCUT2D eigenvalue weighted by molar-refractivity contribution is -0.151. The van der Waals surface area contributed by atoms with Gasteiger partial charge in [0, 0.05) is 9.99 Å². The molecule has 1 aliphatic rings. The van der Waals surface area contributed by atoms with Crippen molar-refractivity contribution in [3.05, 3.63) is 35.4 Å². The number of ether oxygens (including phenoxy) is 1. The molecule has 0 aromatic heterocycles. The summed E-state index contributed by atoms with van der Waals surface area (Å²) in [6, 6.07) is 7.52. The molecule has 0 bridgehead atoms. The molecule has 0 aliphatic heterocycles. The summed E-state index contributed by atoms with van der Waals surface area (Å²) in [4.78, 5) is 24.7. The van der Waals surface area contributed by atoms with E-state index in [-0.39, 0.29) is 11.8 Å². The third-order valence-electron chi connectivity index (χ3n) is 3.41. The number of hydrogen-bond donors (Lipinski definition) is 0. The largest absolute Gasteiger partial charge is 0.465 e. The molecule has 1 atom stereocenters. The summed E-state index contributed by atoms with van der Waals surface area (Å²) in [5.74, 6) is -0.462. The molecule has 2 rings (SSSR count). The predicted octanol–water partition coefficient (Wildman–Crippen LogP) is 2.80. The summed E-state index contributed by atoms with van der Waals surface area (Å²) in [5.41, 5.74) is 0.728. The molecule has 0 heterocycles. The molecule has 4 heteroatoms. The Morgan fingerprint density at radius 1 is 1.44 bits per heavy atom. The Balaban J connectivity index is 2.42. The van der Waals surface area contributed by atoms with Crippen molar-refractivity contribution in [2.75, 3.05) is 11.0 Å². The van der Waals surface area contributed by atoms with Gasteiger partial charge >= 0.3 is 5.97 Å². The Bertz CT molecular complexity index is 484. The van der Waals surface area contributed by atoms with E-state index in [2.05, 4.69) is 22.6 Å². The first-order valence-corrected chi connectivity index (χ1v) is 7.54. The highest BCUT2D eigenvalue weighted by atomic mass is 127. The van der Waals surface area contributed by atoms with Crippen LogP contribution in [-0.4, -0.2) is 22.8 Å². The number of carbonyl (C=O) groups is 2. The summed E-state index contributed by atoms with van der Waals surface area (Å²) in [5, 5.41) is 0. The molecule has 1 aromatic rings. The number of benzene rings is 1. The van der Waals surface area contributed by atoms with E-state index in [1.165, 1.54) is 0 Å². The molecule has 0 radical (unpaired) electrons. The Labute approximate surface area is 120 Å². The highest BCUT2D eigenvalue weighted by Gasteiger charge is 2.49. The molecule has 0 N–H and O–H groups in total. The Morgan fingerprint density at radius 3 is 2.83 bits per heavy atom. The average Bonchev–Trinajstić information content (AvgIpc) is 2.40. The standard InChI is InChI=1S/C14H15IO3/c1-2-18-13(17)14(9-15)8-7-10-5-3-4-6-11(10)12(14)16/h3-6H,2,7-9H2,1H3. The lowest BCUT2D eigenvalue weighted by atomic mass is 9.72. The van der Waals surface area contributed by atoms with E-state index in [0.717, 1.165) is 12.0 Å². The molecule has 18 heavy (non-hydrogen) atoms. The predicted molar refractivity (Wildman–Crippen MR) is 77.0 cm³/mol. The molecule has 1 aromatic carbocycles. The van der Waals surface area contributed by atoms with Gasteiger partial charge in [0.25, 0.3) is 0 Å². The van der Waals surface area contributed by atoms with Crippen LogP contribution in [0.1, 0.15) is 29.3 Å². The topological polar surface area (TPSA) is 43.4 Å². The average molecular weight is 358 g/mol. The van der Waals surface area contributed by atoms with Gasteiger partial charge < -0.3 is 4.74 Å². The van der Waals surface area contributed by atoms with E-state index in [9.17, 15) is 9.59 Å². The minimum Gasteiger partial charge on any atom is -0.465 e. The number of alkyl halides is 1. The Hall–Kier alpha value is -0.910. The fraction of sp³-hybridized carbons (Fsp3) is 0.429. The number of esters is 1. The molecule has 3 nitrogen and oxygen atoms in total. The van der Waals surface area contributed by atoms with Gasteiger partial charge in [0.1, 0.15) is 5.41 Å². The van der Waals surface area contributed by atoms with Crippen molar-refractivity contribution in [2.45, 2.75) is 19.8 Å². The molecule has 1 aliphatic carbocycles. The smallest absolute Gasteiger partial charge is 0.320 e. The molecule has 0 amide bonds. The van der Waals surface area contributed by atoms with Crippen molar-refractivity contribution in [1.82, 2.24) is 0 Å². The van der Waals surface area contributed by atoms with Crippen molar-refractivity contribution in [3.63, 3.8) is 0 Å². The zero-order valence-electron chi connectivity index (χ0n) is 10.2. The second-order valence-electron chi connectivity index (χ2n) is 4.42. The van der Waals surface area contributed by atoms with E-state index >= 15 is 0 Å². The quantitative estimate of drug-likeness (QED) is 0.361. The molecular formula is C14H15IO3. The van der Waals surface area contributed by atoms with Crippen molar-refractivity contribution >= 4 is 34.3 Å². The summed E-state index contributed by atoms with van der Waals surface area (Å²) in [6.07, 6.45) is 1.30. The molecule has 1 unspecified atom stereocenters. The van der Waals surface area contributed by atoms with Gasteiger partial charge in [-0.2, -0.15) is 0 Å². The minimum absolute atomic E-state index is 0.0859. The minimum atomic E-state index is -0.981. The van der Waals surface area contributed by atoms with Crippen LogP contribution in [0.3, 0.4) is 0 Å². The number of carbonyl (C=O) groups excluding carboxylic acids is 2. The number of aryl methyl sites for hydroxylation is 1. The van der Waals surface area contributed by atoms with E-state index in [0.29, 0.717) is 23.0 Å². The zero-order valence-corrected chi connectivity index (χ0v) is 12.4. The van der Waals surface area contributed by atoms with Crippen molar-refractivity contribution in [1.29, 1.82) is 0 Å². The van der Waals surface area contributed by atoms with Gasteiger partial charge in [0.2, 0.25) is 0 Å². The molecule has 96 valence electrons. The molecular weight excluding hydrogens is 343 g/mol. The number of Topliss-reactive ketones (excluding diaryl/α,β-unsaturated/α-hetero) is 1. The maximum atomic E-state index is 12.6. The Kier molecular flexibility index (Phi) is 4.04. The number of halogens is 1. The van der Waals surface area contributed by atoms with Gasteiger partial charge in [-0.3, -0.25) is 9.59 Å². The first kappa shape index (κ1) is 13.5. The van der Waals surface area contributed by atoms with Crippen LogP contribution in [0, 0.1) is 5.41 Å². The lowest BCUT2D eigenvalue weighted by Crippen LogP contribution is -2.45. The van der Waals surface area contributed by atoms with E-state index in [4.69, 9.17) is 4.74 Å². The second kappa shape index (κ2) is 5.38. The van der Waals surface area contributed by atoms with Crippen molar-refractivity contribution in [2.24, 2.45) is 5.41 Å². The highest BCUT2D eigenvalue weighted by molar-refractivity contribution is 14.1. The lowest BCUT2D eigenvalue weighted by Gasteiger charge is -2.32. The monoisotopic (exact) mass is 358 g/mol. The van der Waals surface area contributed by atoms with Crippen LogP contribution in [0.25, 0.3) is 0 Å². The van der Waals surface area contributed by atoms with Gasteiger partial charge in [-0.25, -0.2) is 0 Å². The SMILES string of the molecule is CCOC(=O)C1(CI)CCc2ccccc2C1=O. The molecule has 0 fully saturated rings. The van der Waals surface area contributed by atoms with Gasteiger partial charge in [-0.15, -0.1) is 0 Å². The van der Waals surface area contributed by atoms with Gasteiger partial charge in [0.05, 0.1) is 6.61 Å². The summed E-state index contributed by atoms with van der Waals surface area (Å²) in [6.45, 7) is 2.08. The highest BCUT2D eigenvalue weighted by Crippen LogP contribution is 2.38. The van der Waals surface area contributed by atoms with Crippen LogP contribution in [0.15, 0.2) is 24.3 Å². The third kappa shape index (κ3) is 2.06. The van der Waals surface area contributed by atoms with Crippen LogP contribution < -0.4 is 0 Å². The maximum Gasteiger partial charge on any atom is 0.320 e.